The first kappa shape index (κ1) is 8.04. The average Bonchev–Trinajstić information content (AvgIpc) is 2.86. The Labute approximate surface area is 83.4 Å². The molecule has 2 heterocycles. The maximum absolute atomic E-state index is 4.34. The lowest BCUT2D eigenvalue weighted by atomic mass is 10.1. The van der Waals surface area contributed by atoms with Gasteiger partial charge in [-0.2, -0.15) is 0 Å². The number of fused-ring (bicyclic) bond motifs is 1. The molecule has 0 radical (unpaired) electrons. The molecule has 1 aliphatic carbocycles. The molecule has 0 aliphatic heterocycles. The predicted octanol–water partition coefficient (Wildman–Crippen LogP) is 3.22. The standard InChI is InChI=1S/C12H14N2/c1-2-5-9(4-1)11-8-12-10(14-11)6-3-7-13-12/h3,6-9,14H,1-2,4-5H2. The van der Waals surface area contributed by atoms with Crippen LogP contribution < -0.4 is 0 Å². The van der Waals surface area contributed by atoms with Gasteiger partial charge in [0.15, 0.2) is 0 Å². The highest BCUT2D eigenvalue weighted by Gasteiger charge is 2.18. The predicted molar refractivity (Wildman–Crippen MR) is 57.3 cm³/mol. The van der Waals surface area contributed by atoms with Gasteiger partial charge in [0.2, 0.25) is 0 Å². The first-order valence-corrected chi connectivity index (χ1v) is 5.37. The average molecular weight is 186 g/mol. The zero-order valence-corrected chi connectivity index (χ0v) is 8.16. The summed E-state index contributed by atoms with van der Waals surface area (Å²) in [4.78, 5) is 7.82. The molecule has 0 unspecified atom stereocenters. The van der Waals surface area contributed by atoms with E-state index in [0.29, 0.717) is 0 Å². The number of rotatable bonds is 1. The lowest BCUT2D eigenvalue weighted by Gasteiger charge is -2.04. The second-order valence-electron chi connectivity index (χ2n) is 4.14. The number of hydrogen-bond donors (Lipinski definition) is 1. The van der Waals surface area contributed by atoms with Crippen LogP contribution in [-0.4, -0.2) is 9.97 Å². The van der Waals surface area contributed by atoms with E-state index >= 15 is 0 Å². The van der Waals surface area contributed by atoms with Crippen LogP contribution in [0.4, 0.5) is 0 Å². The van der Waals surface area contributed by atoms with Gasteiger partial charge < -0.3 is 4.98 Å². The van der Waals surface area contributed by atoms with Gasteiger partial charge in [0.25, 0.3) is 0 Å². The SMILES string of the molecule is c1cnc2cc(C3CCCC3)[nH]c2c1. The van der Waals surface area contributed by atoms with Crippen molar-refractivity contribution in [3.8, 4) is 0 Å². The van der Waals surface area contributed by atoms with E-state index in [1.54, 1.807) is 0 Å². The third-order valence-corrected chi connectivity index (χ3v) is 3.20. The molecule has 2 nitrogen and oxygen atoms in total. The number of nitrogens with zero attached hydrogens (tertiary/aromatic N) is 1. The molecule has 0 saturated heterocycles. The summed E-state index contributed by atoms with van der Waals surface area (Å²) in [5, 5.41) is 0. The van der Waals surface area contributed by atoms with Crippen LogP contribution in [0.25, 0.3) is 11.0 Å². The van der Waals surface area contributed by atoms with E-state index in [9.17, 15) is 0 Å². The first-order chi connectivity index (χ1) is 6.93. The lowest BCUT2D eigenvalue weighted by molar-refractivity contribution is 0.705. The Kier molecular flexibility index (Phi) is 1.79. The Bertz CT molecular complexity index is 405. The minimum absolute atomic E-state index is 0.754. The Morgan fingerprint density at radius 1 is 1.29 bits per heavy atom. The van der Waals surface area contributed by atoms with Crippen molar-refractivity contribution in [2.45, 2.75) is 31.6 Å². The number of hydrogen-bond acceptors (Lipinski definition) is 1. The molecule has 0 spiro atoms. The molecule has 1 N–H and O–H groups in total. The monoisotopic (exact) mass is 186 g/mol. The van der Waals surface area contributed by atoms with Crippen molar-refractivity contribution >= 4 is 11.0 Å². The highest BCUT2D eigenvalue weighted by molar-refractivity contribution is 5.75. The third kappa shape index (κ3) is 1.22. The number of aromatic amines is 1. The Balaban J connectivity index is 2.05. The summed E-state index contributed by atoms with van der Waals surface area (Å²) in [6.45, 7) is 0. The molecule has 0 amide bonds. The molecule has 3 rings (SSSR count). The summed E-state index contributed by atoms with van der Waals surface area (Å²) in [7, 11) is 0. The molecule has 0 aromatic carbocycles. The van der Waals surface area contributed by atoms with Gasteiger partial charge in [-0.3, -0.25) is 4.98 Å². The number of pyridine rings is 1. The molecule has 72 valence electrons. The third-order valence-electron chi connectivity index (χ3n) is 3.20. The van der Waals surface area contributed by atoms with Crippen molar-refractivity contribution in [3.05, 3.63) is 30.1 Å². The minimum Gasteiger partial charge on any atom is -0.357 e. The normalized spacial score (nSPS) is 18.0. The molecule has 2 aromatic heterocycles. The molecular weight excluding hydrogens is 172 g/mol. The zero-order chi connectivity index (χ0) is 9.38. The fourth-order valence-electron chi connectivity index (χ4n) is 2.43. The van der Waals surface area contributed by atoms with Gasteiger partial charge in [-0.25, -0.2) is 0 Å². The van der Waals surface area contributed by atoms with E-state index in [4.69, 9.17) is 0 Å². The van der Waals surface area contributed by atoms with Crippen molar-refractivity contribution in [2.75, 3.05) is 0 Å². The molecule has 0 atom stereocenters. The van der Waals surface area contributed by atoms with Crippen LogP contribution in [0.5, 0.6) is 0 Å². The summed E-state index contributed by atoms with van der Waals surface area (Å²) in [5.41, 5.74) is 3.67. The topological polar surface area (TPSA) is 28.7 Å². The van der Waals surface area contributed by atoms with Crippen LogP contribution in [0.3, 0.4) is 0 Å². The molecule has 1 fully saturated rings. The van der Waals surface area contributed by atoms with Crippen molar-refractivity contribution in [2.24, 2.45) is 0 Å². The van der Waals surface area contributed by atoms with Crippen LogP contribution in [0, 0.1) is 0 Å². The number of aromatic nitrogens is 2. The highest BCUT2D eigenvalue weighted by atomic mass is 14.8. The smallest absolute Gasteiger partial charge is 0.0881 e. The van der Waals surface area contributed by atoms with Crippen LogP contribution in [0.1, 0.15) is 37.3 Å². The van der Waals surface area contributed by atoms with Crippen LogP contribution in [0.2, 0.25) is 0 Å². The molecule has 2 aromatic rings. The van der Waals surface area contributed by atoms with Crippen LogP contribution in [0.15, 0.2) is 24.4 Å². The van der Waals surface area contributed by atoms with Gasteiger partial charge in [0.05, 0.1) is 11.0 Å². The highest BCUT2D eigenvalue weighted by Crippen LogP contribution is 2.34. The molecule has 14 heavy (non-hydrogen) atoms. The van der Waals surface area contributed by atoms with Gasteiger partial charge in [-0.15, -0.1) is 0 Å². The summed E-state index contributed by atoms with van der Waals surface area (Å²) in [6.07, 6.45) is 7.30. The summed E-state index contributed by atoms with van der Waals surface area (Å²) < 4.78 is 0. The quantitative estimate of drug-likeness (QED) is 0.727. The summed E-state index contributed by atoms with van der Waals surface area (Å²) >= 11 is 0. The maximum atomic E-state index is 4.34. The Morgan fingerprint density at radius 3 is 2.93 bits per heavy atom. The fourth-order valence-corrected chi connectivity index (χ4v) is 2.43. The Morgan fingerprint density at radius 2 is 2.14 bits per heavy atom. The second kappa shape index (κ2) is 3.12. The van der Waals surface area contributed by atoms with Crippen LogP contribution in [-0.2, 0) is 0 Å². The van der Waals surface area contributed by atoms with E-state index in [2.05, 4.69) is 22.1 Å². The summed E-state index contributed by atoms with van der Waals surface area (Å²) in [6, 6.07) is 6.30. The van der Waals surface area contributed by atoms with Crippen molar-refractivity contribution < 1.29 is 0 Å². The number of nitrogens with one attached hydrogen (secondary N) is 1. The van der Waals surface area contributed by atoms with E-state index in [1.807, 2.05) is 12.3 Å². The molecule has 0 bridgehead atoms. The second-order valence-corrected chi connectivity index (χ2v) is 4.14. The van der Waals surface area contributed by atoms with Crippen molar-refractivity contribution in [1.29, 1.82) is 0 Å². The van der Waals surface area contributed by atoms with Gasteiger partial charge in [-0.1, -0.05) is 12.8 Å². The van der Waals surface area contributed by atoms with E-state index in [0.717, 1.165) is 11.4 Å². The van der Waals surface area contributed by atoms with Gasteiger partial charge in [0, 0.05) is 11.9 Å². The molecular formula is C12H14N2. The largest absolute Gasteiger partial charge is 0.357 e. The zero-order valence-electron chi connectivity index (χ0n) is 8.16. The van der Waals surface area contributed by atoms with Gasteiger partial charge in [0.1, 0.15) is 0 Å². The van der Waals surface area contributed by atoms with Crippen LogP contribution >= 0.6 is 0 Å². The minimum atomic E-state index is 0.754. The number of H-pyrrole nitrogens is 1. The lowest BCUT2D eigenvalue weighted by Crippen LogP contribution is -1.90. The van der Waals surface area contributed by atoms with Crippen molar-refractivity contribution in [1.82, 2.24) is 9.97 Å². The van der Waals surface area contributed by atoms with Gasteiger partial charge in [-0.05, 0) is 37.0 Å². The van der Waals surface area contributed by atoms with Gasteiger partial charge >= 0.3 is 0 Å². The van der Waals surface area contributed by atoms with E-state index < -0.39 is 0 Å². The molecule has 2 heteroatoms. The van der Waals surface area contributed by atoms with E-state index in [-0.39, 0.29) is 0 Å². The maximum Gasteiger partial charge on any atom is 0.0881 e. The molecule has 1 aliphatic rings. The van der Waals surface area contributed by atoms with E-state index in [1.165, 1.54) is 36.9 Å². The first-order valence-electron chi connectivity index (χ1n) is 5.37. The Hall–Kier alpha value is -1.31. The molecule has 1 saturated carbocycles. The van der Waals surface area contributed by atoms with Crippen molar-refractivity contribution in [3.63, 3.8) is 0 Å². The fraction of sp³-hybridized carbons (Fsp3) is 0.417. The summed E-state index contributed by atoms with van der Waals surface area (Å²) in [5.74, 6) is 0.754.